The van der Waals surface area contributed by atoms with E-state index in [0.29, 0.717) is 17.9 Å². The van der Waals surface area contributed by atoms with Crippen LogP contribution < -0.4 is 9.47 Å². The highest BCUT2D eigenvalue weighted by molar-refractivity contribution is 5.92. The second kappa shape index (κ2) is 6.24. The van der Waals surface area contributed by atoms with E-state index in [9.17, 15) is 4.79 Å². The zero-order valence-electron chi connectivity index (χ0n) is 16.7. The summed E-state index contributed by atoms with van der Waals surface area (Å²) in [6.07, 6.45) is 2.02. The summed E-state index contributed by atoms with van der Waals surface area (Å²) in [4.78, 5) is 18.0. The number of hydrogen-bond acceptors (Lipinski definition) is 3. The molecule has 0 bridgehead atoms. The fraction of sp³-hybridized carbons (Fsp3) is 0.348. The number of halogens is 1. The van der Waals surface area contributed by atoms with Gasteiger partial charge in [-0.3, -0.25) is 4.79 Å². The normalized spacial score (nSPS) is 19.3. The number of rotatable bonds is 3. The van der Waals surface area contributed by atoms with Crippen molar-refractivity contribution >= 4 is 16.8 Å². The van der Waals surface area contributed by atoms with Gasteiger partial charge in [0, 0.05) is 30.0 Å². The SMILES string of the molecule is COc1cccc(F)c1C1c2[nH]c3c(OC)cccc3c2C2(CC2)CN1C(C)=O. The van der Waals surface area contributed by atoms with Gasteiger partial charge in [-0.1, -0.05) is 18.2 Å². The monoisotopic (exact) mass is 394 g/mol. The van der Waals surface area contributed by atoms with Crippen LogP contribution in [0.3, 0.4) is 0 Å². The van der Waals surface area contributed by atoms with Gasteiger partial charge >= 0.3 is 0 Å². The fourth-order valence-electron chi connectivity index (χ4n) is 4.92. The van der Waals surface area contributed by atoms with Gasteiger partial charge in [0.2, 0.25) is 5.91 Å². The van der Waals surface area contributed by atoms with Crippen LogP contribution in [0.15, 0.2) is 36.4 Å². The van der Waals surface area contributed by atoms with E-state index in [4.69, 9.17) is 9.47 Å². The van der Waals surface area contributed by atoms with Gasteiger partial charge in [-0.2, -0.15) is 0 Å². The Morgan fingerprint density at radius 3 is 2.48 bits per heavy atom. The molecule has 2 heterocycles. The van der Waals surface area contributed by atoms with Gasteiger partial charge in [0.1, 0.15) is 23.4 Å². The number of amides is 1. The number of nitrogens with one attached hydrogen (secondary N) is 1. The number of H-pyrrole nitrogens is 1. The van der Waals surface area contributed by atoms with Gasteiger partial charge in [0.15, 0.2) is 0 Å². The van der Waals surface area contributed by atoms with Crippen LogP contribution in [0.2, 0.25) is 0 Å². The zero-order valence-corrected chi connectivity index (χ0v) is 16.7. The Bertz CT molecular complexity index is 1130. The molecule has 2 aliphatic rings. The van der Waals surface area contributed by atoms with E-state index < -0.39 is 6.04 Å². The summed E-state index contributed by atoms with van der Waals surface area (Å²) >= 11 is 0. The fourth-order valence-corrected chi connectivity index (χ4v) is 4.92. The van der Waals surface area contributed by atoms with Crippen molar-refractivity contribution in [2.45, 2.75) is 31.2 Å². The molecule has 0 saturated heterocycles. The Morgan fingerprint density at radius 1 is 1.14 bits per heavy atom. The van der Waals surface area contributed by atoms with E-state index in [1.807, 2.05) is 12.1 Å². The summed E-state index contributed by atoms with van der Waals surface area (Å²) in [5, 5.41) is 1.08. The number of carbonyl (C=O) groups excluding carboxylic acids is 1. The lowest BCUT2D eigenvalue weighted by molar-refractivity contribution is -0.131. The van der Waals surface area contributed by atoms with E-state index >= 15 is 4.39 Å². The molecule has 0 radical (unpaired) electrons. The van der Waals surface area contributed by atoms with Crippen LogP contribution in [-0.4, -0.2) is 36.6 Å². The minimum atomic E-state index is -0.581. The minimum Gasteiger partial charge on any atom is -0.496 e. The molecule has 1 saturated carbocycles. The van der Waals surface area contributed by atoms with Crippen LogP contribution in [0.5, 0.6) is 11.5 Å². The molecule has 1 N–H and O–H groups in total. The predicted molar refractivity (Wildman–Crippen MR) is 108 cm³/mol. The van der Waals surface area contributed by atoms with E-state index in [2.05, 4.69) is 11.1 Å². The minimum absolute atomic E-state index is 0.0807. The third-order valence-electron chi connectivity index (χ3n) is 6.40. The van der Waals surface area contributed by atoms with E-state index in [-0.39, 0.29) is 17.1 Å². The van der Waals surface area contributed by atoms with Gasteiger partial charge < -0.3 is 19.4 Å². The van der Waals surface area contributed by atoms with Gasteiger partial charge in [-0.25, -0.2) is 4.39 Å². The average molecular weight is 394 g/mol. The lowest BCUT2D eigenvalue weighted by Crippen LogP contribution is -2.44. The van der Waals surface area contributed by atoms with Crippen LogP contribution in [-0.2, 0) is 10.2 Å². The molecule has 1 fully saturated rings. The van der Waals surface area contributed by atoms with Crippen LogP contribution in [0, 0.1) is 5.82 Å². The van der Waals surface area contributed by atoms with Gasteiger partial charge in [-0.05, 0) is 36.6 Å². The van der Waals surface area contributed by atoms with E-state index in [0.717, 1.165) is 35.2 Å². The number of carbonyl (C=O) groups is 1. The van der Waals surface area contributed by atoms with Gasteiger partial charge in [0.25, 0.3) is 0 Å². The highest BCUT2D eigenvalue weighted by Gasteiger charge is 2.55. The van der Waals surface area contributed by atoms with Crippen molar-refractivity contribution in [3.8, 4) is 11.5 Å². The molecule has 1 amide bonds. The highest BCUT2D eigenvalue weighted by atomic mass is 19.1. The van der Waals surface area contributed by atoms with Crippen molar-refractivity contribution in [1.82, 2.24) is 9.88 Å². The highest BCUT2D eigenvalue weighted by Crippen LogP contribution is 2.59. The number of para-hydroxylation sites is 1. The summed E-state index contributed by atoms with van der Waals surface area (Å²) in [6, 6.07) is 10.2. The molecule has 6 heteroatoms. The number of nitrogens with zero attached hydrogens (tertiary/aromatic N) is 1. The first-order chi connectivity index (χ1) is 14.0. The standard InChI is InChI=1S/C23H23FN2O3/c1-13(27)26-12-23(10-11-23)19-14-6-4-9-17(29-3)20(14)25-21(19)22(26)18-15(24)7-5-8-16(18)28-2/h4-9,22,25H,10-12H2,1-3H3. The maximum absolute atomic E-state index is 15.1. The molecule has 1 spiro atoms. The average Bonchev–Trinajstić information content (AvgIpc) is 3.36. The molecule has 5 rings (SSSR count). The molecular weight excluding hydrogens is 371 g/mol. The zero-order chi connectivity index (χ0) is 20.3. The van der Waals surface area contributed by atoms with Crippen LogP contribution in [0.25, 0.3) is 10.9 Å². The number of benzene rings is 2. The van der Waals surface area contributed by atoms with Crippen molar-refractivity contribution in [2.24, 2.45) is 0 Å². The van der Waals surface area contributed by atoms with Gasteiger partial charge in [0.05, 0.1) is 25.3 Å². The molecule has 1 aliphatic heterocycles. The maximum atomic E-state index is 15.1. The Hall–Kier alpha value is -3.02. The second-order valence-corrected chi connectivity index (χ2v) is 7.98. The Kier molecular flexibility index (Phi) is 3.88. The molecule has 29 heavy (non-hydrogen) atoms. The first kappa shape index (κ1) is 18.0. The molecule has 3 aromatic rings. The van der Waals surface area contributed by atoms with Crippen LogP contribution in [0.1, 0.15) is 42.6 Å². The largest absolute Gasteiger partial charge is 0.496 e. The number of aromatic amines is 1. The Morgan fingerprint density at radius 2 is 1.83 bits per heavy atom. The summed E-state index contributed by atoms with van der Waals surface area (Å²) in [5.41, 5.74) is 3.22. The second-order valence-electron chi connectivity index (χ2n) is 7.98. The molecular formula is C23H23FN2O3. The van der Waals surface area contributed by atoms with E-state index in [1.165, 1.54) is 18.7 Å². The molecule has 1 unspecified atom stereocenters. The van der Waals surface area contributed by atoms with Crippen LogP contribution >= 0.6 is 0 Å². The number of fused-ring (bicyclic) bond motifs is 4. The van der Waals surface area contributed by atoms with Crippen molar-refractivity contribution in [1.29, 1.82) is 0 Å². The first-order valence-electron chi connectivity index (χ1n) is 9.79. The van der Waals surface area contributed by atoms with Gasteiger partial charge in [-0.15, -0.1) is 0 Å². The topological polar surface area (TPSA) is 54.6 Å². The predicted octanol–water partition coefficient (Wildman–Crippen LogP) is 4.31. The van der Waals surface area contributed by atoms with Crippen molar-refractivity contribution < 1.29 is 18.7 Å². The van der Waals surface area contributed by atoms with E-state index in [1.54, 1.807) is 31.1 Å². The molecule has 5 nitrogen and oxygen atoms in total. The lowest BCUT2D eigenvalue weighted by atomic mass is 9.83. The lowest BCUT2D eigenvalue weighted by Gasteiger charge is -2.40. The first-order valence-corrected chi connectivity index (χ1v) is 9.79. The number of hydrogen-bond donors (Lipinski definition) is 1. The molecule has 1 aromatic heterocycles. The number of ether oxygens (including phenoxy) is 2. The Labute approximate surface area is 168 Å². The maximum Gasteiger partial charge on any atom is 0.220 e. The summed E-state index contributed by atoms with van der Waals surface area (Å²) in [5.74, 6) is 0.706. The third kappa shape index (κ3) is 2.48. The summed E-state index contributed by atoms with van der Waals surface area (Å²) < 4.78 is 26.2. The molecule has 2 aromatic carbocycles. The molecule has 1 aliphatic carbocycles. The number of aromatic nitrogens is 1. The quantitative estimate of drug-likeness (QED) is 0.720. The van der Waals surface area contributed by atoms with Crippen LogP contribution in [0.4, 0.5) is 4.39 Å². The van der Waals surface area contributed by atoms with Crippen molar-refractivity contribution in [3.63, 3.8) is 0 Å². The van der Waals surface area contributed by atoms with Crippen molar-refractivity contribution in [2.75, 3.05) is 20.8 Å². The third-order valence-corrected chi connectivity index (χ3v) is 6.40. The smallest absolute Gasteiger partial charge is 0.220 e. The summed E-state index contributed by atoms with van der Waals surface area (Å²) in [6.45, 7) is 2.12. The molecule has 150 valence electrons. The number of methoxy groups -OCH3 is 2. The van der Waals surface area contributed by atoms with Crippen molar-refractivity contribution in [3.05, 3.63) is 59.0 Å². The molecule has 1 atom stereocenters. The summed E-state index contributed by atoms with van der Waals surface area (Å²) in [7, 11) is 3.16. The Balaban J connectivity index is 1.85.